The summed E-state index contributed by atoms with van der Waals surface area (Å²) < 4.78 is 11.7. The molecule has 2 aromatic carbocycles. The molecule has 1 atom stereocenters. The standard InChI is InChI=1S/C28H34N2O3/c1-8-10-11-20(9-2)28-24-18-26(33-19(3)4)25(32-7)16-21(24)17-27(31)30(28)23-14-12-22(13-15-23)29(5)6/h8-16,18-19,28H,1,17H2,2-7H3. The molecule has 0 bridgehead atoms. The number of anilines is 2. The van der Waals surface area contributed by atoms with E-state index in [-0.39, 0.29) is 18.1 Å². The van der Waals surface area contributed by atoms with Gasteiger partial charge in [-0.05, 0) is 73.9 Å². The zero-order chi connectivity index (χ0) is 24.1. The van der Waals surface area contributed by atoms with Crippen LogP contribution in [0.1, 0.15) is 37.9 Å². The average Bonchev–Trinajstić information content (AvgIpc) is 2.79. The molecular formula is C28H34N2O3. The van der Waals surface area contributed by atoms with Crippen LogP contribution in [0.25, 0.3) is 0 Å². The number of methoxy groups -OCH3 is 1. The van der Waals surface area contributed by atoms with Crippen molar-refractivity contribution in [3.05, 3.63) is 84.0 Å². The first-order valence-electron chi connectivity index (χ1n) is 11.2. The second-order valence-corrected chi connectivity index (χ2v) is 8.51. The molecule has 2 aromatic rings. The number of benzene rings is 2. The fraction of sp³-hybridized carbons (Fsp3) is 0.321. The molecule has 0 aromatic heterocycles. The van der Waals surface area contributed by atoms with E-state index >= 15 is 0 Å². The van der Waals surface area contributed by atoms with Crippen LogP contribution in [0, 0.1) is 0 Å². The summed E-state index contributed by atoms with van der Waals surface area (Å²) >= 11 is 0. The van der Waals surface area contributed by atoms with Crippen molar-refractivity contribution in [2.75, 3.05) is 31.0 Å². The quantitative estimate of drug-likeness (QED) is 0.476. The number of hydrogen-bond donors (Lipinski definition) is 0. The van der Waals surface area contributed by atoms with Crippen molar-refractivity contribution in [1.29, 1.82) is 0 Å². The molecule has 0 radical (unpaired) electrons. The third-order valence-corrected chi connectivity index (χ3v) is 5.67. The fourth-order valence-corrected chi connectivity index (χ4v) is 4.12. The molecule has 3 rings (SSSR count). The number of rotatable bonds is 8. The molecule has 33 heavy (non-hydrogen) atoms. The summed E-state index contributed by atoms with van der Waals surface area (Å²) in [5.41, 5.74) is 4.92. The number of ether oxygens (including phenoxy) is 2. The van der Waals surface area contributed by atoms with Crippen molar-refractivity contribution in [2.24, 2.45) is 0 Å². The third kappa shape index (κ3) is 5.14. The molecule has 0 saturated heterocycles. The Labute approximate surface area is 197 Å². The topological polar surface area (TPSA) is 42.0 Å². The number of amides is 1. The van der Waals surface area contributed by atoms with Gasteiger partial charge in [0.25, 0.3) is 0 Å². The van der Waals surface area contributed by atoms with E-state index in [2.05, 4.69) is 6.58 Å². The highest BCUT2D eigenvalue weighted by atomic mass is 16.5. The van der Waals surface area contributed by atoms with Gasteiger partial charge in [-0.15, -0.1) is 0 Å². The predicted molar refractivity (Wildman–Crippen MR) is 137 cm³/mol. The Morgan fingerprint density at radius 1 is 1.18 bits per heavy atom. The minimum absolute atomic E-state index is 0.00264. The molecule has 5 heteroatoms. The van der Waals surface area contributed by atoms with E-state index < -0.39 is 0 Å². The lowest BCUT2D eigenvalue weighted by Gasteiger charge is -2.39. The normalized spacial score (nSPS) is 16.2. The molecule has 174 valence electrons. The number of allylic oxidation sites excluding steroid dienone is 3. The van der Waals surface area contributed by atoms with E-state index in [9.17, 15) is 4.79 Å². The van der Waals surface area contributed by atoms with Gasteiger partial charge in [0.05, 0.1) is 25.7 Å². The molecule has 0 spiro atoms. The summed E-state index contributed by atoms with van der Waals surface area (Å²) in [7, 11) is 5.63. The molecule has 0 fully saturated rings. The summed E-state index contributed by atoms with van der Waals surface area (Å²) in [6, 6.07) is 11.7. The second-order valence-electron chi connectivity index (χ2n) is 8.51. The Kier molecular flexibility index (Phi) is 7.64. The summed E-state index contributed by atoms with van der Waals surface area (Å²) in [5, 5.41) is 0. The van der Waals surface area contributed by atoms with E-state index in [1.54, 1.807) is 13.2 Å². The number of carbonyl (C=O) groups excluding carboxylic acids is 1. The van der Waals surface area contributed by atoms with Gasteiger partial charge in [0, 0.05) is 25.5 Å². The van der Waals surface area contributed by atoms with E-state index in [1.807, 2.05) is 99.3 Å². The maximum absolute atomic E-state index is 13.5. The monoisotopic (exact) mass is 446 g/mol. The first-order valence-corrected chi connectivity index (χ1v) is 11.2. The van der Waals surface area contributed by atoms with Crippen molar-refractivity contribution in [3.63, 3.8) is 0 Å². The van der Waals surface area contributed by atoms with Crippen LogP contribution in [0.4, 0.5) is 11.4 Å². The molecule has 0 N–H and O–H groups in total. The molecule has 1 unspecified atom stereocenters. The van der Waals surface area contributed by atoms with Crippen molar-refractivity contribution >= 4 is 17.3 Å². The van der Waals surface area contributed by atoms with Gasteiger partial charge < -0.3 is 19.3 Å². The first kappa shape index (κ1) is 24.2. The van der Waals surface area contributed by atoms with Gasteiger partial charge in [-0.2, -0.15) is 0 Å². The van der Waals surface area contributed by atoms with Crippen molar-refractivity contribution in [3.8, 4) is 11.5 Å². The smallest absolute Gasteiger partial charge is 0.232 e. The molecule has 5 nitrogen and oxygen atoms in total. The maximum Gasteiger partial charge on any atom is 0.232 e. The van der Waals surface area contributed by atoms with E-state index in [1.165, 1.54) is 0 Å². The Bertz CT molecular complexity index is 1070. The molecule has 1 amide bonds. The highest BCUT2D eigenvalue weighted by Crippen LogP contribution is 2.44. The van der Waals surface area contributed by atoms with Crippen molar-refractivity contribution < 1.29 is 14.3 Å². The Morgan fingerprint density at radius 2 is 1.88 bits per heavy atom. The van der Waals surface area contributed by atoms with Crippen molar-refractivity contribution in [2.45, 2.75) is 39.3 Å². The van der Waals surface area contributed by atoms with Gasteiger partial charge in [0.1, 0.15) is 0 Å². The Morgan fingerprint density at radius 3 is 2.42 bits per heavy atom. The van der Waals surface area contributed by atoms with E-state index in [0.717, 1.165) is 28.1 Å². The molecule has 1 aliphatic heterocycles. The van der Waals surface area contributed by atoms with Gasteiger partial charge in [-0.3, -0.25) is 4.79 Å². The molecule has 0 aliphatic carbocycles. The second kappa shape index (κ2) is 10.4. The van der Waals surface area contributed by atoms with Gasteiger partial charge in [-0.1, -0.05) is 30.9 Å². The number of hydrogen-bond acceptors (Lipinski definition) is 4. The summed E-state index contributed by atoms with van der Waals surface area (Å²) in [6.07, 6.45) is 7.98. The minimum atomic E-state index is -0.298. The summed E-state index contributed by atoms with van der Waals surface area (Å²) in [5.74, 6) is 1.36. The third-order valence-electron chi connectivity index (χ3n) is 5.67. The highest BCUT2D eigenvalue weighted by molar-refractivity contribution is 5.98. The largest absolute Gasteiger partial charge is 0.493 e. The average molecular weight is 447 g/mol. The summed E-state index contributed by atoms with van der Waals surface area (Å²) in [4.78, 5) is 17.4. The number of carbonyl (C=O) groups is 1. The maximum atomic E-state index is 13.5. The van der Waals surface area contributed by atoms with Gasteiger partial charge in [0.2, 0.25) is 5.91 Å². The SMILES string of the molecule is C=CC=CC(=CC)C1c2cc(OC(C)C)c(OC)cc2CC(=O)N1c1ccc(N(C)C)cc1. The zero-order valence-corrected chi connectivity index (χ0v) is 20.5. The summed E-state index contributed by atoms with van der Waals surface area (Å²) in [6.45, 7) is 9.78. The number of nitrogens with zero attached hydrogens (tertiary/aromatic N) is 2. The minimum Gasteiger partial charge on any atom is -0.493 e. The molecule has 1 aliphatic rings. The molecule has 0 saturated carbocycles. The van der Waals surface area contributed by atoms with E-state index in [0.29, 0.717) is 17.9 Å². The number of fused-ring (bicyclic) bond motifs is 1. The van der Waals surface area contributed by atoms with Crippen molar-refractivity contribution in [1.82, 2.24) is 0 Å². The lowest BCUT2D eigenvalue weighted by molar-refractivity contribution is -0.118. The van der Waals surface area contributed by atoms with Crippen LogP contribution in [0.5, 0.6) is 11.5 Å². The van der Waals surface area contributed by atoms with Crippen LogP contribution in [0.2, 0.25) is 0 Å². The van der Waals surface area contributed by atoms with Gasteiger partial charge in [-0.25, -0.2) is 0 Å². The van der Waals surface area contributed by atoms with Gasteiger partial charge in [0.15, 0.2) is 11.5 Å². The van der Waals surface area contributed by atoms with Crippen LogP contribution in [0.15, 0.2) is 72.9 Å². The van der Waals surface area contributed by atoms with Crippen LogP contribution in [-0.4, -0.2) is 33.2 Å². The predicted octanol–water partition coefficient (Wildman–Crippen LogP) is 5.87. The first-order chi connectivity index (χ1) is 15.8. The highest BCUT2D eigenvalue weighted by Gasteiger charge is 2.36. The Balaban J connectivity index is 2.22. The van der Waals surface area contributed by atoms with Crippen LogP contribution in [0.3, 0.4) is 0 Å². The lowest BCUT2D eigenvalue weighted by atomic mass is 9.86. The molecule has 1 heterocycles. The molecular weight excluding hydrogens is 412 g/mol. The zero-order valence-electron chi connectivity index (χ0n) is 20.5. The van der Waals surface area contributed by atoms with Crippen LogP contribution in [-0.2, 0) is 11.2 Å². The lowest BCUT2D eigenvalue weighted by Crippen LogP contribution is -2.41. The van der Waals surface area contributed by atoms with E-state index in [4.69, 9.17) is 9.47 Å². The fourth-order valence-electron chi connectivity index (χ4n) is 4.12. The Hall–Kier alpha value is -3.47. The van der Waals surface area contributed by atoms with Crippen LogP contribution < -0.4 is 19.3 Å². The van der Waals surface area contributed by atoms with Gasteiger partial charge >= 0.3 is 0 Å². The van der Waals surface area contributed by atoms with Crippen LogP contribution >= 0.6 is 0 Å².